The molecule has 0 aromatic rings. The number of nitrogens with zero attached hydrogens (tertiary/aromatic N) is 1. The molecule has 1 nitrogen and oxygen atoms in total. The van der Waals surface area contributed by atoms with Crippen molar-refractivity contribution in [3.8, 4) is 0 Å². The Labute approximate surface area is 1010 Å². The van der Waals surface area contributed by atoms with E-state index in [0.717, 1.165) is 14.0 Å². The molecule has 0 atom stereocenters. The zero-order chi connectivity index (χ0) is 115. The Kier molecular flexibility index (Phi) is 76.4. The molecule has 0 saturated heterocycles. The first-order valence-corrected chi connectivity index (χ1v) is 47.8. The van der Waals surface area contributed by atoms with Crippen LogP contribution in [0, 0.1) is 0 Å². The van der Waals surface area contributed by atoms with Crippen LogP contribution in [0.1, 0.15) is 0 Å². The van der Waals surface area contributed by atoms with Gasteiger partial charge in [0.05, 0.1) is 0 Å². The van der Waals surface area contributed by atoms with Crippen LogP contribution in [0.15, 0.2) is 4.81 Å². The molecule has 145 heteroatoms. The van der Waals surface area contributed by atoms with Crippen LogP contribution in [0.3, 0.4) is 0 Å². The molecule has 0 N–H and O–H groups in total. The Hall–Kier alpha value is 9.15. The first-order chi connectivity index (χ1) is 66.1. The van der Waals surface area contributed by atoms with Crippen molar-refractivity contribution in [1.82, 2.24) is 0 Å². The zero-order valence-corrected chi connectivity index (χ0v) is 83.6. The molecule has 145 radical (unpaired) electrons. The van der Waals surface area contributed by atoms with E-state index in [1.807, 2.05) is 0 Å². The van der Waals surface area contributed by atoms with E-state index in [4.69, 9.17) is 562 Å². The second-order valence-electron chi connectivity index (χ2n) is 40.8. The maximum absolute atomic E-state index is 7.68. The molecule has 0 aromatic heterocycles. The topological polar surface area (TPSA) is 12.4 Å². The third-order valence-corrected chi connectivity index (χ3v) is 30.8. The summed E-state index contributed by atoms with van der Waals surface area (Å²) in [5.74, 6) is 0. The van der Waals surface area contributed by atoms with Gasteiger partial charge in [0.15, 0.2) is 0 Å². The van der Waals surface area contributed by atoms with Crippen LogP contribution < -0.4 is 0 Å². The summed E-state index contributed by atoms with van der Waals surface area (Å²) in [5.41, 5.74) is 0. The van der Waals surface area contributed by atoms with E-state index in [1.54, 1.807) is 0 Å². The molecule has 0 bridgehead atoms. The second kappa shape index (κ2) is 71.8. The molecule has 0 aliphatic rings. The summed E-state index contributed by atoms with van der Waals surface area (Å²) in [6.45, 7) is -1.85. The van der Waals surface area contributed by atoms with Gasteiger partial charge in [0.2, 0.25) is 0 Å². The fourth-order valence-electron chi connectivity index (χ4n) is 25.8. The van der Waals surface area contributed by atoms with Crippen LogP contribution in [-0.4, -0.2) is 1020 Å². The zero-order valence-electron chi connectivity index (χ0n) is 83.6. The molecule has 0 amide bonds. The van der Waals surface area contributed by atoms with Crippen molar-refractivity contribution < 1.29 is 0 Å². The number of hydrogen-bond acceptors (Lipinski definition) is 1. The van der Waals surface area contributed by atoms with Crippen LogP contribution >= 0.6 is 0 Å². The minimum atomic E-state index is -2.86. The van der Waals surface area contributed by atoms with Crippen LogP contribution in [0.4, 0.5) is 0 Å². The summed E-state index contributed by atoms with van der Waals surface area (Å²) in [6, 6.07) is 0. The second-order valence-corrected chi connectivity index (χ2v) is 40.8. The average Bonchev–Trinajstić information content (AvgIpc) is 0.694. The Balaban J connectivity index is 17.4. The van der Waals surface area contributed by atoms with Crippen molar-refractivity contribution >= 4 is 1020 Å². The SMILES string of the molecule is [B][B]B([B])B(B([B])[B])B(B(B([B])[B])B([B])[B])B(B(N=BB(B(B(B(B([B])[B])B([B])[B])B(B([B])[B])B([B])[B])B(B(B([B])[B])B([B])[B])B(B([B])[B])B([B])[B])B(B(B(B([B])[B])B([B])[B])B(B([B])[B])B([B])[B])B(B(B([B])[B])B([B])[B])B(B([B])[B])B([B])[B])B(B(B(B([B])[B])B([B])[B])B(B([B])[B])B([B])[B])B(B(B([B])[B])B([B])[B])B(B([B])[B])B([B])[B])B(B(B(B([B])[B])B([B])[B])B(B([B])[B])B([B])[B])B(B(B([B])[B])B([B])[B])B(B([B])[B])B([B])[B]. The standard InChI is InChI=1S/B144N/c1-73-110(72)129(109(70)71)140(128(107(66)67)108(68)69)143(141(136(120(91(34)35)92(36)37)121(93(38)39)94(40)41)137(122(95(42)43)96(44)45)123(97(46)47)98(48)49)144(142(138(124(99(50)51)100(52)53)125(101(54)55)102(56)57)139(126(103(58)59)104(60)61)127(105(62)63)106(64)65)145-74-111(130(132(112(75(2)3)76(4)5)113(77(6)7)78(8)9)133(114(79(10)11)80(12)13)115(81(14)15)82(16)17)131(134(116(83(18)19)84(20)21)117(85(22)23)86(24)25)135(118(87(26)27)88(28)29)119(89(30)31)90(32)33. The number of rotatable bonds is 71. The van der Waals surface area contributed by atoms with Crippen LogP contribution in [0.5, 0.6) is 0 Å². The third-order valence-electron chi connectivity index (χ3n) is 30.8. The summed E-state index contributed by atoms with van der Waals surface area (Å²) in [7, 11) is 530. The quantitative estimate of drug-likeness (QED) is 0.0538. The van der Waals surface area contributed by atoms with Gasteiger partial charge >= 0.3 is 1020 Å². The van der Waals surface area contributed by atoms with Gasteiger partial charge in [-0.25, -0.2) is 0 Å². The van der Waals surface area contributed by atoms with E-state index in [1.165, 1.54) is 0 Å². The Morgan fingerprint density at radius 2 is 0.179 bits per heavy atom. The summed E-state index contributed by atoms with van der Waals surface area (Å²) in [5, 5.41) is 0. The fraction of sp³-hybridized carbons (Fsp3) is 0. The Morgan fingerprint density at radius 3 is 0.276 bits per heavy atom. The van der Waals surface area contributed by atoms with Gasteiger partial charge in [0, 0.05) is 0 Å². The average molecular weight is 1570 g/mol. The molecule has 0 spiro atoms. The van der Waals surface area contributed by atoms with Gasteiger partial charge < -0.3 is 0 Å². The first kappa shape index (κ1) is 154. The summed E-state index contributed by atoms with van der Waals surface area (Å²) >= 11 is 0. The molecule has 0 saturated carbocycles. The molecule has 0 rings (SSSR count). The Morgan fingerprint density at radius 1 is 0.0966 bits per heavy atom. The van der Waals surface area contributed by atoms with Gasteiger partial charge in [-0.2, -0.15) is 0 Å². The van der Waals surface area contributed by atoms with Gasteiger partial charge in [0.25, 0.3) is 0 Å². The third kappa shape index (κ3) is 42.1. The molecule has 0 aliphatic heterocycles. The van der Waals surface area contributed by atoms with Crippen molar-refractivity contribution in [3.63, 3.8) is 0 Å². The molecule has 0 aromatic carbocycles. The van der Waals surface area contributed by atoms with E-state index in [-0.39, 0.29) is 0 Å². The minimum absolute atomic E-state index is 0.874. The molecule has 0 fully saturated rings. The van der Waals surface area contributed by atoms with Crippen LogP contribution in [0.2, 0.25) is 0 Å². The molecular weight excluding hydrogens is 1570 g/mol. The predicted molar refractivity (Wildman–Crippen MR) is 831 cm³/mol. The van der Waals surface area contributed by atoms with Gasteiger partial charge in [-0.3, -0.25) is 0 Å². The van der Waals surface area contributed by atoms with Crippen molar-refractivity contribution in [2.75, 3.05) is 0 Å². The van der Waals surface area contributed by atoms with E-state index in [0.29, 0.717) is 0 Å². The van der Waals surface area contributed by atoms with Gasteiger partial charge in [-0.05, 0) is 0 Å². The van der Waals surface area contributed by atoms with Crippen molar-refractivity contribution in [3.05, 3.63) is 0 Å². The van der Waals surface area contributed by atoms with Crippen molar-refractivity contribution in [2.45, 2.75) is 0 Å². The molecule has 0 aliphatic carbocycles. The van der Waals surface area contributed by atoms with Gasteiger partial charge in [-0.1, -0.05) is 0 Å². The molecular formula is B144N. The van der Waals surface area contributed by atoms with Crippen molar-refractivity contribution in [1.29, 1.82) is 0 Å². The molecule has 0 heterocycles. The van der Waals surface area contributed by atoms with Crippen LogP contribution in [-0.2, 0) is 0 Å². The van der Waals surface area contributed by atoms with Gasteiger partial charge in [0.1, 0.15) is 0 Å². The molecule has 0 unspecified atom stereocenters. The monoisotopic (exact) mass is 1600 g/mol. The molecule has 437 valence electrons. The van der Waals surface area contributed by atoms with E-state index in [9.17, 15) is 0 Å². The van der Waals surface area contributed by atoms with E-state index < -0.39 is 447 Å². The van der Waals surface area contributed by atoms with Gasteiger partial charge in [-0.15, -0.1) is 0 Å². The van der Waals surface area contributed by atoms with Crippen molar-refractivity contribution in [2.24, 2.45) is 4.81 Å². The molecule has 145 heavy (non-hydrogen) atoms. The normalized spacial score (nSPS) is 9.90. The first-order valence-electron chi connectivity index (χ1n) is 47.8. The van der Waals surface area contributed by atoms with E-state index in [2.05, 4.69) is 0 Å². The predicted octanol–water partition coefficient (Wildman–Crippen LogP) is -54.7. The fourth-order valence-corrected chi connectivity index (χ4v) is 25.8. The Bertz CT molecular complexity index is 2720. The summed E-state index contributed by atoms with van der Waals surface area (Å²) < 4.78 is 0. The summed E-state index contributed by atoms with van der Waals surface area (Å²) in [4.78, 5) is 6.36. The summed E-state index contributed by atoms with van der Waals surface area (Å²) in [6.07, 6.45) is -146. The van der Waals surface area contributed by atoms with E-state index >= 15 is 0 Å². The van der Waals surface area contributed by atoms with Crippen LogP contribution in [0.25, 0.3) is 0 Å². The number of hydrogen-bond donors (Lipinski definition) is 0. The maximum atomic E-state index is 7.68.